The SMILES string of the molecule is CN(C)c1nc(N[C@H]2CC[C@@H](CNC(=O)Nc3ccccc3Cl)CC2)nc2ccccc12. The van der Waals surface area contributed by atoms with Crippen molar-refractivity contribution in [3.8, 4) is 0 Å². The summed E-state index contributed by atoms with van der Waals surface area (Å²) in [5, 5.41) is 10.9. The number of nitrogens with zero attached hydrogens (tertiary/aromatic N) is 3. The van der Waals surface area contributed by atoms with E-state index in [-0.39, 0.29) is 6.03 Å². The maximum Gasteiger partial charge on any atom is 0.319 e. The van der Waals surface area contributed by atoms with Crippen molar-refractivity contribution in [2.24, 2.45) is 5.92 Å². The molecular weight excluding hydrogens is 424 g/mol. The summed E-state index contributed by atoms with van der Waals surface area (Å²) in [4.78, 5) is 23.7. The van der Waals surface area contributed by atoms with Crippen LogP contribution in [0.4, 0.5) is 22.2 Å². The van der Waals surface area contributed by atoms with Gasteiger partial charge in [0.15, 0.2) is 0 Å². The van der Waals surface area contributed by atoms with Gasteiger partial charge in [0.1, 0.15) is 5.82 Å². The summed E-state index contributed by atoms with van der Waals surface area (Å²) < 4.78 is 0. The van der Waals surface area contributed by atoms with Crippen LogP contribution in [-0.4, -0.2) is 42.7 Å². The standard InChI is InChI=1S/C24H29ClN6O/c1-31(2)22-18-7-3-5-9-20(18)28-23(30-22)27-17-13-11-16(12-14-17)15-26-24(32)29-21-10-6-4-8-19(21)25/h3-10,16-17H,11-15H2,1-2H3,(H2,26,29,32)(H,27,28,30)/t16-,17+. The summed E-state index contributed by atoms with van der Waals surface area (Å²) in [5.41, 5.74) is 1.56. The van der Waals surface area contributed by atoms with Crippen molar-refractivity contribution < 1.29 is 4.79 Å². The predicted octanol–water partition coefficient (Wildman–Crippen LogP) is 5.14. The van der Waals surface area contributed by atoms with Crippen LogP contribution in [0.25, 0.3) is 10.9 Å². The molecule has 2 aromatic carbocycles. The Labute approximate surface area is 193 Å². The molecule has 1 saturated carbocycles. The lowest BCUT2D eigenvalue weighted by Gasteiger charge is -2.29. The first-order valence-corrected chi connectivity index (χ1v) is 11.4. The molecule has 0 atom stereocenters. The molecule has 168 valence electrons. The minimum absolute atomic E-state index is 0.223. The maximum absolute atomic E-state index is 12.2. The number of fused-ring (bicyclic) bond motifs is 1. The monoisotopic (exact) mass is 452 g/mol. The van der Waals surface area contributed by atoms with Gasteiger partial charge >= 0.3 is 6.03 Å². The van der Waals surface area contributed by atoms with E-state index in [0.29, 0.717) is 35.2 Å². The van der Waals surface area contributed by atoms with E-state index in [1.807, 2.05) is 49.3 Å². The van der Waals surface area contributed by atoms with E-state index in [0.717, 1.165) is 42.4 Å². The Kier molecular flexibility index (Phi) is 6.95. The first-order chi connectivity index (χ1) is 15.5. The molecule has 1 aliphatic rings. The molecule has 2 amide bonds. The summed E-state index contributed by atoms with van der Waals surface area (Å²) in [6.07, 6.45) is 4.12. The number of carbonyl (C=O) groups is 1. The van der Waals surface area contributed by atoms with Crippen LogP contribution in [0, 0.1) is 5.92 Å². The van der Waals surface area contributed by atoms with Gasteiger partial charge in [0.25, 0.3) is 0 Å². The molecule has 0 bridgehead atoms. The average molecular weight is 453 g/mol. The summed E-state index contributed by atoms with van der Waals surface area (Å²) >= 11 is 6.10. The van der Waals surface area contributed by atoms with Crippen LogP contribution >= 0.6 is 11.6 Å². The van der Waals surface area contributed by atoms with Crippen molar-refractivity contribution in [2.75, 3.05) is 36.2 Å². The molecule has 0 aliphatic heterocycles. The number of nitrogens with one attached hydrogen (secondary N) is 3. The van der Waals surface area contributed by atoms with Crippen molar-refractivity contribution in [1.82, 2.24) is 15.3 Å². The zero-order valence-electron chi connectivity index (χ0n) is 18.4. The maximum atomic E-state index is 12.2. The van der Waals surface area contributed by atoms with Gasteiger partial charge < -0.3 is 20.9 Å². The molecule has 1 fully saturated rings. The van der Waals surface area contributed by atoms with E-state index in [2.05, 4.69) is 22.0 Å². The van der Waals surface area contributed by atoms with Crippen LogP contribution in [0.1, 0.15) is 25.7 Å². The van der Waals surface area contributed by atoms with Gasteiger partial charge in [0.05, 0.1) is 16.2 Å². The van der Waals surface area contributed by atoms with Crippen LogP contribution in [0.2, 0.25) is 5.02 Å². The Balaban J connectivity index is 1.28. The highest BCUT2D eigenvalue weighted by Gasteiger charge is 2.23. The molecule has 1 aliphatic carbocycles. The van der Waals surface area contributed by atoms with Gasteiger partial charge in [-0.2, -0.15) is 4.98 Å². The number of anilines is 3. The molecule has 7 nitrogen and oxygen atoms in total. The molecule has 0 saturated heterocycles. The Bertz CT molecular complexity index is 1080. The van der Waals surface area contributed by atoms with E-state index in [9.17, 15) is 4.79 Å². The number of amides is 2. The quantitative estimate of drug-likeness (QED) is 0.482. The first-order valence-electron chi connectivity index (χ1n) is 11.0. The number of hydrogen-bond acceptors (Lipinski definition) is 5. The molecule has 8 heteroatoms. The molecular formula is C24H29ClN6O. The van der Waals surface area contributed by atoms with Crippen LogP contribution in [0.3, 0.4) is 0 Å². The van der Waals surface area contributed by atoms with Crippen LogP contribution in [0.5, 0.6) is 0 Å². The van der Waals surface area contributed by atoms with Gasteiger partial charge in [-0.1, -0.05) is 35.9 Å². The largest absolute Gasteiger partial charge is 0.362 e. The highest BCUT2D eigenvalue weighted by atomic mass is 35.5. The third-order valence-electron chi connectivity index (χ3n) is 5.86. The highest BCUT2D eigenvalue weighted by molar-refractivity contribution is 6.33. The van der Waals surface area contributed by atoms with Crippen molar-refractivity contribution >= 4 is 46.0 Å². The van der Waals surface area contributed by atoms with Crippen molar-refractivity contribution in [2.45, 2.75) is 31.7 Å². The number of aromatic nitrogens is 2. The van der Waals surface area contributed by atoms with E-state index in [1.165, 1.54) is 0 Å². The van der Waals surface area contributed by atoms with Crippen LogP contribution in [-0.2, 0) is 0 Å². The normalized spacial score (nSPS) is 18.2. The van der Waals surface area contributed by atoms with E-state index in [4.69, 9.17) is 21.6 Å². The third kappa shape index (κ3) is 5.40. The highest BCUT2D eigenvalue weighted by Crippen LogP contribution is 2.28. The minimum Gasteiger partial charge on any atom is -0.362 e. The molecule has 1 aromatic heterocycles. The van der Waals surface area contributed by atoms with Gasteiger partial charge in [-0.05, 0) is 55.9 Å². The molecule has 0 spiro atoms. The Morgan fingerprint density at radius 2 is 1.75 bits per heavy atom. The second-order valence-electron chi connectivity index (χ2n) is 8.46. The van der Waals surface area contributed by atoms with E-state index < -0.39 is 0 Å². The van der Waals surface area contributed by atoms with Gasteiger partial charge in [-0.25, -0.2) is 9.78 Å². The minimum atomic E-state index is -0.223. The number of para-hydroxylation sites is 2. The third-order valence-corrected chi connectivity index (χ3v) is 6.19. The van der Waals surface area contributed by atoms with E-state index in [1.54, 1.807) is 12.1 Å². The number of benzene rings is 2. The Morgan fingerprint density at radius 1 is 1.03 bits per heavy atom. The molecule has 0 radical (unpaired) electrons. The van der Waals surface area contributed by atoms with Gasteiger partial charge in [-0.15, -0.1) is 0 Å². The predicted molar refractivity (Wildman–Crippen MR) is 132 cm³/mol. The second-order valence-corrected chi connectivity index (χ2v) is 8.87. The lowest BCUT2D eigenvalue weighted by atomic mass is 9.86. The smallest absolute Gasteiger partial charge is 0.319 e. The fourth-order valence-corrected chi connectivity index (χ4v) is 4.31. The number of urea groups is 1. The zero-order valence-corrected chi connectivity index (χ0v) is 19.2. The molecule has 1 heterocycles. The topological polar surface area (TPSA) is 82.2 Å². The lowest BCUT2D eigenvalue weighted by molar-refractivity contribution is 0.246. The van der Waals surface area contributed by atoms with E-state index >= 15 is 0 Å². The van der Waals surface area contributed by atoms with Crippen molar-refractivity contribution in [1.29, 1.82) is 0 Å². The summed E-state index contributed by atoms with van der Waals surface area (Å²) in [6.45, 7) is 0.653. The van der Waals surface area contributed by atoms with Gasteiger partial charge in [-0.3, -0.25) is 0 Å². The molecule has 0 unspecified atom stereocenters. The summed E-state index contributed by atoms with van der Waals surface area (Å²) in [7, 11) is 4.00. The number of halogens is 1. The Hall–Kier alpha value is -3.06. The van der Waals surface area contributed by atoms with Crippen molar-refractivity contribution in [3.63, 3.8) is 0 Å². The van der Waals surface area contributed by atoms with Gasteiger partial charge in [0.2, 0.25) is 5.95 Å². The lowest BCUT2D eigenvalue weighted by Crippen LogP contribution is -2.36. The Morgan fingerprint density at radius 3 is 2.50 bits per heavy atom. The summed E-state index contributed by atoms with van der Waals surface area (Å²) in [6, 6.07) is 15.4. The molecule has 3 aromatic rings. The fourth-order valence-electron chi connectivity index (χ4n) is 4.12. The average Bonchev–Trinajstić information content (AvgIpc) is 2.79. The van der Waals surface area contributed by atoms with Gasteiger partial charge in [0, 0.05) is 32.1 Å². The number of rotatable bonds is 6. The van der Waals surface area contributed by atoms with Crippen LogP contribution < -0.4 is 20.9 Å². The molecule has 4 rings (SSSR count). The zero-order chi connectivity index (χ0) is 22.5. The number of carbonyl (C=O) groups excluding carboxylic acids is 1. The second kappa shape index (κ2) is 10.0. The fraction of sp³-hybridized carbons (Fsp3) is 0.375. The number of hydrogen-bond donors (Lipinski definition) is 3. The summed E-state index contributed by atoms with van der Waals surface area (Å²) in [5.74, 6) is 2.05. The van der Waals surface area contributed by atoms with Crippen LogP contribution in [0.15, 0.2) is 48.5 Å². The molecule has 3 N–H and O–H groups in total. The van der Waals surface area contributed by atoms with Crippen molar-refractivity contribution in [3.05, 3.63) is 53.6 Å². The molecule has 32 heavy (non-hydrogen) atoms. The first kappa shape index (κ1) is 22.1.